The topological polar surface area (TPSA) is 26.3 Å². The van der Waals surface area contributed by atoms with E-state index in [-0.39, 0.29) is 5.56 Å². The van der Waals surface area contributed by atoms with E-state index in [1.54, 1.807) is 17.5 Å². The van der Waals surface area contributed by atoms with Crippen molar-refractivity contribution in [3.05, 3.63) is 46.8 Å². The summed E-state index contributed by atoms with van der Waals surface area (Å²) in [6.45, 7) is 0. The molecular weight excluding hydrogens is 246 g/mol. The number of benzene rings is 1. The Morgan fingerprint density at radius 3 is 2.65 bits per heavy atom. The summed E-state index contributed by atoms with van der Waals surface area (Å²) in [6.07, 6.45) is 0. The van der Waals surface area contributed by atoms with Crippen LogP contribution in [0.1, 0.15) is 10.4 Å². The zero-order valence-electron chi connectivity index (χ0n) is 8.87. The van der Waals surface area contributed by atoms with Crippen molar-refractivity contribution in [3.63, 3.8) is 0 Å². The van der Waals surface area contributed by atoms with Crippen LogP contribution >= 0.6 is 11.3 Å². The van der Waals surface area contributed by atoms with Gasteiger partial charge >= 0.3 is 5.97 Å². The van der Waals surface area contributed by atoms with Crippen LogP contribution in [0.3, 0.4) is 0 Å². The van der Waals surface area contributed by atoms with Gasteiger partial charge in [0.15, 0.2) is 0 Å². The molecule has 0 saturated heterocycles. The molecule has 0 fully saturated rings. The molecule has 1 aromatic carbocycles. The lowest BCUT2D eigenvalue weighted by molar-refractivity contribution is 0.0590. The smallest absolute Gasteiger partial charge is 0.343 e. The molecule has 0 spiro atoms. The van der Waals surface area contributed by atoms with E-state index in [0.717, 1.165) is 13.2 Å². The van der Waals surface area contributed by atoms with Crippen molar-refractivity contribution < 1.29 is 18.3 Å². The van der Waals surface area contributed by atoms with Gasteiger partial charge in [0.1, 0.15) is 17.2 Å². The van der Waals surface area contributed by atoms with E-state index in [4.69, 9.17) is 0 Å². The molecule has 1 heterocycles. The minimum Gasteiger partial charge on any atom is -0.465 e. The highest BCUT2D eigenvalue weighted by atomic mass is 32.1. The van der Waals surface area contributed by atoms with Gasteiger partial charge in [0.2, 0.25) is 0 Å². The Morgan fingerprint density at radius 2 is 2.06 bits per heavy atom. The molecule has 0 aliphatic heterocycles. The monoisotopic (exact) mass is 254 g/mol. The number of esters is 1. The molecule has 0 aliphatic carbocycles. The van der Waals surface area contributed by atoms with Gasteiger partial charge in [-0.15, -0.1) is 11.3 Å². The first-order valence-electron chi connectivity index (χ1n) is 4.75. The fourth-order valence-electron chi connectivity index (χ4n) is 1.46. The number of thiophene rings is 1. The van der Waals surface area contributed by atoms with Crippen molar-refractivity contribution in [1.29, 1.82) is 0 Å². The lowest BCUT2D eigenvalue weighted by atomic mass is 10.1. The molecule has 0 N–H and O–H groups in total. The Morgan fingerprint density at radius 1 is 1.29 bits per heavy atom. The third kappa shape index (κ3) is 2.06. The molecular formula is C12H8F2O2S. The first-order valence-corrected chi connectivity index (χ1v) is 5.63. The zero-order valence-corrected chi connectivity index (χ0v) is 9.68. The molecule has 2 nitrogen and oxygen atoms in total. The summed E-state index contributed by atoms with van der Waals surface area (Å²) in [5.41, 5.74) is -0.458. The predicted molar refractivity (Wildman–Crippen MR) is 61.0 cm³/mol. The van der Waals surface area contributed by atoms with E-state index in [1.165, 1.54) is 17.4 Å². The molecule has 1 aromatic heterocycles. The number of carbonyl (C=O) groups is 1. The quantitative estimate of drug-likeness (QED) is 0.767. The van der Waals surface area contributed by atoms with E-state index < -0.39 is 23.2 Å². The number of methoxy groups -OCH3 is 1. The molecule has 2 rings (SSSR count). The van der Waals surface area contributed by atoms with Crippen LogP contribution in [0.25, 0.3) is 10.4 Å². The van der Waals surface area contributed by atoms with E-state index in [1.807, 2.05) is 0 Å². The number of halogens is 2. The molecule has 0 radical (unpaired) electrons. The summed E-state index contributed by atoms with van der Waals surface area (Å²) in [5, 5.41) is 1.77. The van der Waals surface area contributed by atoms with Gasteiger partial charge in [0.25, 0.3) is 0 Å². The number of hydrogen-bond donors (Lipinski definition) is 0. The van der Waals surface area contributed by atoms with E-state index >= 15 is 0 Å². The SMILES string of the molecule is COC(=O)c1c(F)ccc(-c2cccs2)c1F. The number of rotatable bonds is 2. The predicted octanol–water partition coefficient (Wildman–Crippen LogP) is 3.48. The van der Waals surface area contributed by atoms with Crippen molar-refractivity contribution >= 4 is 17.3 Å². The second-order valence-electron chi connectivity index (χ2n) is 3.25. The highest BCUT2D eigenvalue weighted by Gasteiger charge is 2.21. The minimum absolute atomic E-state index is 0.196. The van der Waals surface area contributed by atoms with Gasteiger partial charge < -0.3 is 4.74 Å². The highest BCUT2D eigenvalue weighted by molar-refractivity contribution is 7.13. The van der Waals surface area contributed by atoms with Crippen LogP contribution in [0.4, 0.5) is 8.78 Å². The van der Waals surface area contributed by atoms with Crippen LogP contribution in [-0.2, 0) is 4.74 Å². The number of hydrogen-bond acceptors (Lipinski definition) is 3. The summed E-state index contributed by atoms with van der Waals surface area (Å²) in [4.78, 5) is 11.9. The molecule has 0 unspecified atom stereocenters. The number of ether oxygens (including phenoxy) is 1. The molecule has 88 valence electrons. The molecule has 0 amide bonds. The Hall–Kier alpha value is -1.75. The summed E-state index contributed by atoms with van der Waals surface area (Å²) in [6, 6.07) is 5.82. The van der Waals surface area contributed by atoms with Crippen LogP contribution in [0.15, 0.2) is 29.6 Å². The Bertz CT molecular complexity index is 550. The fraction of sp³-hybridized carbons (Fsp3) is 0.0833. The zero-order chi connectivity index (χ0) is 12.4. The average molecular weight is 254 g/mol. The fourth-order valence-corrected chi connectivity index (χ4v) is 2.21. The van der Waals surface area contributed by atoms with Gasteiger partial charge in [-0.05, 0) is 23.6 Å². The maximum atomic E-state index is 14.0. The Kier molecular flexibility index (Phi) is 3.19. The molecule has 0 saturated carbocycles. The highest BCUT2D eigenvalue weighted by Crippen LogP contribution is 2.30. The lowest BCUT2D eigenvalue weighted by Gasteiger charge is -2.06. The first kappa shape index (κ1) is 11.7. The van der Waals surface area contributed by atoms with Crippen molar-refractivity contribution in [3.8, 4) is 10.4 Å². The van der Waals surface area contributed by atoms with Crippen molar-refractivity contribution in [2.75, 3.05) is 7.11 Å². The van der Waals surface area contributed by atoms with Gasteiger partial charge in [-0.1, -0.05) is 6.07 Å². The van der Waals surface area contributed by atoms with Gasteiger partial charge in [-0.2, -0.15) is 0 Å². The van der Waals surface area contributed by atoms with Crippen molar-refractivity contribution in [2.45, 2.75) is 0 Å². The van der Waals surface area contributed by atoms with Crippen LogP contribution in [-0.4, -0.2) is 13.1 Å². The molecule has 2 aromatic rings. The molecule has 5 heteroatoms. The van der Waals surface area contributed by atoms with Gasteiger partial charge in [0.05, 0.1) is 7.11 Å². The largest absolute Gasteiger partial charge is 0.465 e. The maximum Gasteiger partial charge on any atom is 0.343 e. The molecule has 0 atom stereocenters. The normalized spacial score (nSPS) is 10.3. The van der Waals surface area contributed by atoms with Gasteiger partial charge in [-0.3, -0.25) is 0 Å². The third-order valence-electron chi connectivity index (χ3n) is 2.27. The second kappa shape index (κ2) is 4.63. The standard InChI is InChI=1S/C12H8F2O2S/c1-16-12(15)10-8(13)5-4-7(11(10)14)9-3-2-6-17-9/h2-6H,1H3. The maximum absolute atomic E-state index is 14.0. The van der Waals surface area contributed by atoms with Crippen molar-refractivity contribution in [2.24, 2.45) is 0 Å². The second-order valence-corrected chi connectivity index (χ2v) is 4.20. The van der Waals surface area contributed by atoms with E-state index in [2.05, 4.69) is 4.74 Å². The van der Waals surface area contributed by atoms with Crippen LogP contribution in [0.2, 0.25) is 0 Å². The Balaban J connectivity index is 2.62. The summed E-state index contributed by atoms with van der Waals surface area (Å²) >= 11 is 1.31. The van der Waals surface area contributed by atoms with Crippen LogP contribution in [0.5, 0.6) is 0 Å². The van der Waals surface area contributed by atoms with Crippen LogP contribution in [0, 0.1) is 11.6 Å². The lowest BCUT2D eigenvalue weighted by Crippen LogP contribution is -2.08. The Labute approximate surface area is 100 Å². The van der Waals surface area contributed by atoms with Crippen molar-refractivity contribution in [1.82, 2.24) is 0 Å². The van der Waals surface area contributed by atoms with E-state index in [0.29, 0.717) is 4.88 Å². The summed E-state index contributed by atoms with van der Waals surface area (Å²) in [5.74, 6) is -2.83. The van der Waals surface area contributed by atoms with Gasteiger partial charge in [0, 0.05) is 10.4 Å². The number of carbonyl (C=O) groups excluding carboxylic acids is 1. The summed E-state index contributed by atoms with van der Waals surface area (Å²) in [7, 11) is 1.08. The molecule has 0 aliphatic rings. The third-order valence-corrected chi connectivity index (χ3v) is 3.17. The van der Waals surface area contributed by atoms with Crippen LogP contribution < -0.4 is 0 Å². The summed E-state index contributed by atoms with van der Waals surface area (Å²) < 4.78 is 31.7. The van der Waals surface area contributed by atoms with E-state index in [9.17, 15) is 13.6 Å². The minimum atomic E-state index is -1.02. The first-order chi connectivity index (χ1) is 8.15. The molecule has 0 bridgehead atoms. The van der Waals surface area contributed by atoms with Gasteiger partial charge in [-0.25, -0.2) is 13.6 Å². The molecule has 17 heavy (non-hydrogen) atoms. The average Bonchev–Trinajstić information content (AvgIpc) is 2.82.